The van der Waals surface area contributed by atoms with Gasteiger partial charge >= 0.3 is 12.4 Å². The van der Waals surface area contributed by atoms with Crippen LogP contribution in [-0.2, 0) is 14.8 Å². The number of morpholine rings is 1. The summed E-state index contributed by atoms with van der Waals surface area (Å²) in [5.41, 5.74) is 0.805. The van der Waals surface area contributed by atoms with E-state index in [1.165, 1.54) is 0 Å². The Kier molecular flexibility index (Phi) is 12.5. The number of halogens is 6. The Balaban J connectivity index is 1.14. The summed E-state index contributed by atoms with van der Waals surface area (Å²) < 4.78 is 120. The minimum atomic E-state index is -4.77. The summed E-state index contributed by atoms with van der Waals surface area (Å²) in [6, 6.07) is 10.2. The Hall–Kier alpha value is -3.61. The molecule has 1 aromatic heterocycles. The van der Waals surface area contributed by atoms with Crippen LogP contribution in [0, 0.1) is 11.8 Å². The fourth-order valence-electron chi connectivity index (χ4n) is 5.86. The molecule has 3 aromatic rings. The smallest absolute Gasteiger partial charge is 0.422 e. The molecule has 1 aliphatic heterocycles. The second-order valence-corrected chi connectivity index (χ2v) is 14.1. The van der Waals surface area contributed by atoms with Crippen LogP contribution in [0.2, 0.25) is 0 Å². The highest BCUT2D eigenvalue weighted by Crippen LogP contribution is 2.33. The predicted octanol–water partition coefficient (Wildman–Crippen LogP) is 5.45. The van der Waals surface area contributed by atoms with E-state index in [9.17, 15) is 34.8 Å². The van der Waals surface area contributed by atoms with E-state index in [0.717, 1.165) is 80.6 Å². The van der Waals surface area contributed by atoms with E-state index in [1.807, 2.05) is 24.3 Å². The first-order valence-electron chi connectivity index (χ1n) is 16.3. The second-order valence-electron chi connectivity index (χ2n) is 12.3. The van der Waals surface area contributed by atoms with Crippen LogP contribution in [0.25, 0.3) is 10.9 Å². The van der Waals surface area contributed by atoms with E-state index in [0.29, 0.717) is 31.9 Å². The van der Waals surface area contributed by atoms with Gasteiger partial charge in [0.2, 0.25) is 16.0 Å². The summed E-state index contributed by atoms with van der Waals surface area (Å²) in [7, 11) is -4.48. The zero-order valence-electron chi connectivity index (χ0n) is 27.2. The molecule has 0 spiro atoms. The third-order valence-corrected chi connectivity index (χ3v) is 9.95. The third kappa shape index (κ3) is 11.5. The zero-order valence-corrected chi connectivity index (χ0v) is 28.0. The van der Waals surface area contributed by atoms with E-state index in [4.69, 9.17) is 9.72 Å². The Morgan fingerprint density at radius 3 is 2.20 bits per heavy atom. The van der Waals surface area contributed by atoms with Crippen molar-refractivity contribution in [2.75, 3.05) is 76.3 Å². The summed E-state index contributed by atoms with van der Waals surface area (Å²) in [5, 5.41) is 7.72. The molecule has 0 amide bonds. The van der Waals surface area contributed by atoms with Gasteiger partial charge in [0.05, 0.1) is 18.7 Å². The van der Waals surface area contributed by atoms with E-state index >= 15 is 0 Å². The van der Waals surface area contributed by atoms with Crippen molar-refractivity contribution in [1.82, 2.24) is 19.6 Å². The van der Waals surface area contributed by atoms with Gasteiger partial charge in [0.15, 0.2) is 13.2 Å². The van der Waals surface area contributed by atoms with Crippen molar-refractivity contribution in [1.29, 1.82) is 0 Å². The summed E-state index contributed by atoms with van der Waals surface area (Å²) in [6.07, 6.45) is -6.57. The molecule has 1 aliphatic carbocycles. The largest absolute Gasteiger partial charge is 0.484 e. The summed E-state index contributed by atoms with van der Waals surface area (Å²) >= 11 is 0. The van der Waals surface area contributed by atoms with Gasteiger partial charge in [-0.3, -0.25) is 4.90 Å². The van der Waals surface area contributed by atoms with Crippen LogP contribution in [0.15, 0.2) is 47.4 Å². The van der Waals surface area contributed by atoms with Crippen molar-refractivity contribution < 1.29 is 49.0 Å². The third-order valence-electron chi connectivity index (χ3n) is 8.50. The highest BCUT2D eigenvalue weighted by Gasteiger charge is 2.32. The molecule has 5 rings (SSSR count). The van der Waals surface area contributed by atoms with Crippen LogP contribution < -0.4 is 24.8 Å². The van der Waals surface area contributed by atoms with Crippen LogP contribution >= 0.6 is 0 Å². The summed E-state index contributed by atoms with van der Waals surface area (Å²) in [6.45, 7) is 1.93. The van der Waals surface area contributed by atoms with Gasteiger partial charge < -0.3 is 24.8 Å². The molecule has 2 aromatic carbocycles. The Morgan fingerprint density at radius 2 is 1.50 bits per heavy atom. The summed E-state index contributed by atoms with van der Waals surface area (Å²) in [4.78, 5) is 11.0. The maximum Gasteiger partial charge on any atom is 0.422 e. The first-order chi connectivity index (χ1) is 23.7. The summed E-state index contributed by atoms with van der Waals surface area (Å²) in [5.74, 6) is 0.297. The van der Waals surface area contributed by atoms with Crippen LogP contribution in [0.3, 0.4) is 0 Å². The molecule has 276 valence electrons. The predicted molar refractivity (Wildman–Crippen MR) is 174 cm³/mol. The number of sulfonamides is 1. The normalized spacial score (nSPS) is 19.3. The zero-order chi connectivity index (χ0) is 35.8. The quantitative estimate of drug-likeness (QED) is 0.174. The van der Waals surface area contributed by atoms with Gasteiger partial charge in [-0.25, -0.2) is 18.1 Å². The van der Waals surface area contributed by atoms with Gasteiger partial charge in [-0.05, 0) is 61.8 Å². The molecule has 2 aliphatic rings. The van der Waals surface area contributed by atoms with Crippen LogP contribution in [0.1, 0.15) is 25.7 Å². The van der Waals surface area contributed by atoms with Crippen LogP contribution in [0.5, 0.6) is 11.5 Å². The number of hydrogen-bond acceptors (Lipinski definition) is 10. The van der Waals surface area contributed by atoms with E-state index in [-0.39, 0.29) is 18.4 Å². The first kappa shape index (κ1) is 37.6. The van der Waals surface area contributed by atoms with Crippen molar-refractivity contribution in [2.45, 2.75) is 42.9 Å². The number of ether oxygens (including phenoxy) is 3. The highest BCUT2D eigenvalue weighted by molar-refractivity contribution is 7.89. The number of benzene rings is 2. The minimum Gasteiger partial charge on any atom is -0.484 e. The Morgan fingerprint density at radius 1 is 0.840 bits per heavy atom. The van der Waals surface area contributed by atoms with Crippen molar-refractivity contribution >= 4 is 32.7 Å². The van der Waals surface area contributed by atoms with E-state index in [1.54, 1.807) is 0 Å². The molecular weight excluding hydrogens is 694 g/mol. The SMILES string of the molecule is O=S(=O)(NC[C@H]1CC[C@H](CNc2nc(NCCN3CCOCC3)c3ccccc3n2)CC1)c1cc(OCC(F)(F)F)ccc1OCC(F)(F)F. The molecule has 2 fully saturated rings. The number of nitrogens with zero attached hydrogens (tertiary/aromatic N) is 3. The van der Waals surface area contributed by atoms with Crippen molar-refractivity contribution in [3.63, 3.8) is 0 Å². The molecule has 50 heavy (non-hydrogen) atoms. The number of anilines is 2. The van der Waals surface area contributed by atoms with Crippen molar-refractivity contribution in [3.05, 3.63) is 42.5 Å². The number of para-hydroxylation sites is 1. The highest BCUT2D eigenvalue weighted by atomic mass is 32.2. The number of fused-ring (bicyclic) bond motifs is 1. The molecule has 18 heteroatoms. The number of alkyl halides is 6. The number of rotatable bonds is 15. The standard InChI is InChI=1S/C32H40F6N6O5S/c33-31(34,35)20-48-24-9-10-27(49-21-32(36,37)38)28(17-24)50(45,46)41-19-23-7-5-22(6-8-23)18-40-30-42-26-4-2-1-3-25(26)29(43-30)39-11-12-44-13-15-47-16-14-44/h1-4,9-10,17,22-23,41H,5-8,11-16,18-21H2,(H2,39,40,42,43)/t22-,23-. The lowest BCUT2D eigenvalue weighted by Gasteiger charge is -2.29. The first-order valence-corrected chi connectivity index (χ1v) is 17.8. The van der Waals surface area contributed by atoms with E-state index < -0.39 is 52.0 Å². The van der Waals surface area contributed by atoms with Gasteiger partial charge in [0.25, 0.3) is 0 Å². The van der Waals surface area contributed by atoms with Gasteiger partial charge in [0, 0.05) is 50.7 Å². The number of hydrogen-bond donors (Lipinski definition) is 3. The fraction of sp³-hybridized carbons (Fsp3) is 0.562. The average molecular weight is 735 g/mol. The maximum atomic E-state index is 13.2. The molecule has 11 nitrogen and oxygen atoms in total. The molecule has 1 saturated carbocycles. The van der Waals surface area contributed by atoms with Gasteiger partial charge in [-0.2, -0.15) is 31.3 Å². The molecule has 2 heterocycles. The lowest BCUT2D eigenvalue weighted by Crippen LogP contribution is -2.39. The molecule has 0 unspecified atom stereocenters. The lowest BCUT2D eigenvalue weighted by molar-refractivity contribution is -0.154. The van der Waals surface area contributed by atoms with Crippen molar-refractivity contribution in [2.24, 2.45) is 11.8 Å². The van der Waals surface area contributed by atoms with Crippen LogP contribution in [-0.4, -0.2) is 101 Å². The molecule has 0 radical (unpaired) electrons. The van der Waals surface area contributed by atoms with E-state index in [2.05, 4.69) is 34.7 Å². The molecule has 1 saturated heterocycles. The molecular formula is C32H40F6N6O5S. The van der Waals surface area contributed by atoms with Gasteiger partial charge in [-0.15, -0.1) is 0 Å². The Labute approximate surface area is 286 Å². The van der Waals surface area contributed by atoms with Gasteiger partial charge in [0.1, 0.15) is 22.2 Å². The molecule has 3 N–H and O–H groups in total. The topological polar surface area (TPSA) is 127 Å². The number of nitrogens with one attached hydrogen (secondary N) is 3. The lowest BCUT2D eigenvalue weighted by atomic mass is 9.82. The Bertz CT molecular complexity index is 1670. The fourth-order valence-corrected chi connectivity index (χ4v) is 7.13. The minimum absolute atomic E-state index is 0.0118. The molecule has 0 atom stereocenters. The van der Waals surface area contributed by atoms with Crippen molar-refractivity contribution in [3.8, 4) is 11.5 Å². The average Bonchev–Trinajstić information content (AvgIpc) is 3.08. The monoisotopic (exact) mass is 734 g/mol. The number of aromatic nitrogens is 2. The maximum absolute atomic E-state index is 13.2. The van der Waals surface area contributed by atoms with Crippen LogP contribution in [0.4, 0.5) is 38.1 Å². The van der Waals surface area contributed by atoms with Gasteiger partial charge in [-0.1, -0.05) is 12.1 Å². The molecule has 0 bridgehead atoms. The second kappa shape index (κ2) is 16.6.